The Bertz CT molecular complexity index is 796. The molecule has 0 unspecified atom stereocenters. The van der Waals surface area contributed by atoms with Gasteiger partial charge in [0.25, 0.3) is 11.8 Å². The Morgan fingerprint density at radius 2 is 1.96 bits per heavy atom. The molecular formula is C18H17ClN2O4. The van der Waals surface area contributed by atoms with Gasteiger partial charge in [-0.3, -0.25) is 9.59 Å². The zero-order valence-electron chi connectivity index (χ0n) is 13.6. The van der Waals surface area contributed by atoms with Gasteiger partial charge in [-0.15, -0.1) is 0 Å². The van der Waals surface area contributed by atoms with E-state index in [2.05, 4.69) is 5.32 Å². The molecule has 1 atom stereocenters. The lowest BCUT2D eigenvalue weighted by Gasteiger charge is -2.33. The first-order chi connectivity index (χ1) is 12.1. The number of nitrogens with zero attached hydrogens (tertiary/aromatic N) is 1. The number of carbonyl (C=O) groups excluding carboxylic acids is 2. The number of ether oxygens (including phenoxy) is 2. The lowest BCUT2D eigenvalue weighted by molar-refractivity contribution is -0.128. The Labute approximate surface area is 150 Å². The molecule has 2 aromatic carbocycles. The fraction of sp³-hybridized carbons (Fsp3) is 0.222. The fourth-order valence-corrected chi connectivity index (χ4v) is 2.74. The van der Waals surface area contributed by atoms with Crippen LogP contribution in [0.15, 0.2) is 48.5 Å². The van der Waals surface area contributed by atoms with E-state index < -0.39 is 6.10 Å². The summed E-state index contributed by atoms with van der Waals surface area (Å²) in [6.07, 6.45) is -0.774. The molecule has 3 rings (SSSR count). The lowest BCUT2D eigenvalue weighted by atomic mass is 10.1. The highest BCUT2D eigenvalue weighted by atomic mass is 35.5. The summed E-state index contributed by atoms with van der Waals surface area (Å²) < 4.78 is 11.2. The second-order valence-electron chi connectivity index (χ2n) is 5.41. The molecule has 1 N–H and O–H groups in total. The molecule has 25 heavy (non-hydrogen) atoms. The molecule has 1 aliphatic rings. The maximum atomic E-state index is 12.7. The zero-order valence-corrected chi connectivity index (χ0v) is 14.3. The third kappa shape index (κ3) is 3.69. The van der Waals surface area contributed by atoms with E-state index in [1.54, 1.807) is 48.5 Å². The van der Waals surface area contributed by atoms with Gasteiger partial charge in [-0.25, -0.2) is 0 Å². The van der Waals surface area contributed by atoms with Crippen molar-refractivity contribution in [3.63, 3.8) is 0 Å². The lowest BCUT2D eigenvalue weighted by Crippen LogP contribution is -2.51. The van der Waals surface area contributed by atoms with E-state index in [1.165, 1.54) is 11.9 Å². The maximum absolute atomic E-state index is 12.7. The highest BCUT2D eigenvalue weighted by molar-refractivity contribution is 6.32. The van der Waals surface area contributed by atoms with Gasteiger partial charge in [0.1, 0.15) is 11.5 Å². The normalized spacial score (nSPS) is 15.8. The van der Waals surface area contributed by atoms with Crippen LogP contribution in [-0.2, 0) is 9.59 Å². The smallest absolute Gasteiger partial charge is 0.265 e. The number of nitrogens with one attached hydrogen (secondary N) is 1. The molecule has 0 saturated heterocycles. The Morgan fingerprint density at radius 3 is 2.72 bits per heavy atom. The summed E-state index contributed by atoms with van der Waals surface area (Å²) in [5.74, 6) is 0.333. The van der Waals surface area contributed by atoms with Gasteiger partial charge in [-0.2, -0.15) is 0 Å². The number of likely N-dealkylation sites (N-methyl/N-ethyl adjacent to an activating group) is 1. The first-order valence-corrected chi connectivity index (χ1v) is 8.13. The van der Waals surface area contributed by atoms with Crippen molar-refractivity contribution in [2.75, 3.05) is 25.1 Å². The number of amides is 2. The highest BCUT2D eigenvalue weighted by Crippen LogP contribution is 2.33. The van der Waals surface area contributed by atoms with E-state index in [-0.39, 0.29) is 25.0 Å². The molecule has 0 aliphatic carbocycles. The van der Waals surface area contributed by atoms with Crippen LogP contribution in [0.3, 0.4) is 0 Å². The van der Waals surface area contributed by atoms with Crippen LogP contribution in [0, 0.1) is 0 Å². The Morgan fingerprint density at radius 1 is 1.24 bits per heavy atom. The third-order valence-corrected chi connectivity index (χ3v) is 4.11. The molecule has 0 aromatic heterocycles. The number of hydrogen-bond donors (Lipinski definition) is 1. The summed E-state index contributed by atoms with van der Waals surface area (Å²) in [4.78, 5) is 26.1. The van der Waals surface area contributed by atoms with E-state index in [4.69, 9.17) is 21.1 Å². The van der Waals surface area contributed by atoms with E-state index in [9.17, 15) is 9.59 Å². The standard InChI is InChI=1S/C18H17ClN2O4/c1-20-18(23)16-10-21(13-7-3-5-9-15(13)25-16)17(22)11-24-14-8-4-2-6-12(14)19/h2-9,16H,10-11H2,1H3,(H,20,23)/t16-/m0/s1. The second kappa shape index (κ2) is 7.44. The molecule has 130 valence electrons. The van der Waals surface area contributed by atoms with Crippen molar-refractivity contribution < 1.29 is 19.1 Å². The van der Waals surface area contributed by atoms with Crippen LogP contribution in [0.4, 0.5) is 5.69 Å². The SMILES string of the molecule is CNC(=O)[C@@H]1CN(C(=O)COc2ccccc2Cl)c2ccccc2O1. The molecule has 6 nitrogen and oxygen atoms in total. The molecule has 0 fully saturated rings. The van der Waals surface area contributed by atoms with Crippen molar-refractivity contribution in [1.82, 2.24) is 5.32 Å². The van der Waals surface area contributed by atoms with Gasteiger partial charge in [0.2, 0.25) is 0 Å². The molecule has 1 heterocycles. The first-order valence-electron chi connectivity index (χ1n) is 7.75. The van der Waals surface area contributed by atoms with Gasteiger partial charge < -0.3 is 19.7 Å². The Balaban J connectivity index is 1.78. The van der Waals surface area contributed by atoms with Crippen molar-refractivity contribution in [2.45, 2.75) is 6.10 Å². The fourth-order valence-electron chi connectivity index (χ4n) is 2.55. The maximum Gasteiger partial charge on any atom is 0.265 e. The van der Waals surface area contributed by atoms with Crippen LogP contribution in [0.25, 0.3) is 0 Å². The minimum Gasteiger partial charge on any atom is -0.482 e. The van der Waals surface area contributed by atoms with Gasteiger partial charge >= 0.3 is 0 Å². The summed E-state index contributed by atoms with van der Waals surface area (Å²) in [5, 5.41) is 2.97. The van der Waals surface area contributed by atoms with E-state index >= 15 is 0 Å². The predicted octanol–water partition coefficient (Wildman–Crippen LogP) is 2.26. The quantitative estimate of drug-likeness (QED) is 0.908. The number of halogens is 1. The first kappa shape index (κ1) is 17.1. The minimum atomic E-state index is -0.774. The topological polar surface area (TPSA) is 67.9 Å². The third-order valence-electron chi connectivity index (χ3n) is 3.80. The average Bonchev–Trinajstić information content (AvgIpc) is 2.65. The molecule has 7 heteroatoms. The van der Waals surface area contributed by atoms with Gasteiger partial charge in [0.15, 0.2) is 12.7 Å². The molecule has 0 saturated carbocycles. The number of para-hydroxylation sites is 3. The van der Waals surface area contributed by atoms with Gasteiger partial charge in [0, 0.05) is 7.05 Å². The number of fused-ring (bicyclic) bond motifs is 1. The number of hydrogen-bond acceptors (Lipinski definition) is 4. The second-order valence-corrected chi connectivity index (χ2v) is 5.82. The summed E-state index contributed by atoms with van der Waals surface area (Å²) in [6.45, 7) is -0.0834. The van der Waals surface area contributed by atoms with Crippen molar-refractivity contribution in [3.8, 4) is 11.5 Å². The van der Waals surface area contributed by atoms with Gasteiger partial charge in [-0.1, -0.05) is 35.9 Å². The van der Waals surface area contributed by atoms with Crippen molar-refractivity contribution in [3.05, 3.63) is 53.6 Å². The van der Waals surface area contributed by atoms with Crippen molar-refractivity contribution >= 4 is 29.1 Å². The molecule has 1 aliphatic heterocycles. The van der Waals surface area contributed by atoms with E-state index in [0.29, 0.717) is 22.2 Å². The average molecular weight is 361 g/mol. The summed E-state index contributed by atoms with van der Waals surface area (Å²) in [6, 6.07) is 14.0. The monoisotopic (exact) mass is 360 g/mol. The summed E-state index contributed by atoms with van der Waals surface area (Å²) in [5.41, 5.74) is 0.607. The van der Waals surface area contributed by atoms with Crippen molar-refractivity contribution in [1.29, 1.82) is 0 Å². The van der Waals surface area contributed by atoms with Crippen LogP contribution < -0.4 is 19.7 Å². The van der Waals surface area contributed by atoms with Crippen LogP contribution in [0.2, 0.25) is 5.02 Å². The largest absolute Gasteiger partial charge is 0.482 e. The van der Waals surface area contributed by atoms with Crippen LogP contribution in [0.5, 0.6) is 11.5 Å². The zero-order chi connectivity index (χ0) is 17.8. The van der Waals surface area contributed by atoms with Gasteiger partial charge in [0.05, 0.1) is 17.3 Å². The minimum absolute atomic E-state index is 0.113. The molecule has 0 spiro atoms. The van der Waals surface area contributed by atoms with Crippen LogP contribution in [0.1, 0.15) is 0 Å². The Hall–Kier alpha value is -2.73. The van der Waals surface area contributed by atoms with E-state index in [0.717, 1.165) is 0 Å². The van der Waals surface area contributed by atoms with E-state index in [1.807, 2.05) is 0 Å². The highest BCUT2D eigenvalue weighted by Gasteiger charge is 2.33. The molecule has 2 amide bonds. The van der Waals surface area contributed by atoms with Crippen LogP contribution in [-0.4, -0.2) is 38.1 Å². The Kier molecular flexibility index (Phi) is 5.09. The summed E-state index contributed by atoms with van der Waals surface area (Å²) >= 11 is 6.04. The number of anilines is 1. The molecular weight excluding hydrogens is 344 g/mol. The number of benzene rings is 2. The molecule has 0 bridgehead atoms. The molecule has 2 aromatic rings. The molecule has 0 radical (unpaired) electrons. The predicted molar refractivity (Wildman–Crippen MR) is 94.2 cm³/mol. The van der Waals surface area contributed by atoms with Crippen molar-refractivity contribution in [2.24, 2.45) is 0 Å². The number of rotatable bonds is 4. The summed E-state index contributed by atoms with van der Waals surface area (Å²) in [7, 11) is 1.53. The van der Waals surface area contributed by atoms with Gasteiger partial charge in [-0.05, 0) is 24.3 Å². The number of carbonyl (C=O) groups is 2. The van der Waals surface area contributed by atoms with Crippen LogP contribution >= 0.6 is 11.6 Å².